The van der Waals surface area contributed by atoms with E-state index in [-0.39, 0.29) is 43.1 Å². The maximum Gasteiger partial charge on any atom is 0.242 e. The Labute approximate surface area is 175 Å². The van der Waals surface area contributed by atoms with E-state index in [1.807, 2.05) is 16.6 Å². The Morgan fingerprint density at radius 2 is 1.62 bits per heavy atom. The third kappa shape index (κ3) is 5.04. The van der Waals surface area contributed by atoms with Crippen molar-refractivity contribution in [1.82, 2.24) is 19.6 Å². The molecular weight excluding hydrogens is 397 g/mol. The molecule has 0 bridgehead atoms. The molecule has 0 spiro atoms. The highest BCUT2D eigenvalue weighted by Gasteiger charge is 2.40. The molecule has 0 unspecified atom stereocenters. The third-order valence-corrected chi connectivity index (χ3v) is 5.62. The van der Waals surface area contributed by atoms with Crippen LogP contribution in [0.2, 0.25) is 0 Å². The van der Waals surface area contributed by atoms with Crippen molar-refractivity contribution in [2.45, 2.75) is 51.6 Å². The number of halogens is 3. The minimum atomic E-state index is -0.585. The SMILES string of the molecule is Cc1nn(C)c(C)c1CN1CCN(C(=O)C2(N)CCCC2)CC1.Cl.Cl.Cl. The lowest BCUT2D eigenvalue weighted by atomic mass is 9.97. The molecule has 9 heteroatoms. The van der Waals surface area contributed by atoms with Gasteiger partial charge < -0.3 is 10.6 Å². The van der Waals surface area contributed by atoms with E-state index in [0.717, 1.165) is 64.1 Å². The zero-order valence-electron chi connectivity index (χ0n) is 15.9. The highest BCUT2D eigenvalue weighted by molar-refractivity contribution is 5.86. The smallest absolute Gasteiger partial charge is 0.242 e. The van der Waals surface area contributed by atoms with Crippen LogP contribution in [-0.4, -0.2) is 57.2 Å². The van der Waals surface area contributed by atoms with Crippen molar-refractivity contribution >= 4 is 43.1 Å². The van der Waals surface area contributed by atoms with Crippen molar-refractivity contribution in [3.05, 3.63) is 17.0 Å². The summed E-state index contributed by atoms with van der Waals surface area (Å²) in [4.78, 5) is 17.1. The number of nitrogens with zero attached hydrogens (tertiary/aromatic N) is 4. The first-order chi connectivity index (χ1) is 10.9. The molecule has 6 nitrogen and oxygen atoms in total. The van der Waals surface area contributed by atoms with Crippen molar-refractivity contribution in [2.24, 2.45) is 12.8 Å². The van der Waals surface area contributed by atoms with Gasteiger partial charge in [-0.15, -0.1) is 37.2 Å². The van der Waals surface area contributed by atoms with Crippen LogP contribution in [-0.2, 0) is 18.4 Å². The van der Waals surface area contributed by atoms with Gasteiger partial charge in [0, 0.05) is 51.0 Å². The highest BCUT2D eigenvalue weighted by atomic mass is 35.5. The molecule has 1 aromatic heterocycles. The van der Waals surface area contributed by atoms with Crippen molar-refractivity contribution in [1.29, 1.82) is 0 Å². The summed E-state index contributed by atoms with van der Waals surface area (Å²) in [6, 6.07) is 0. The maximum absolute atomic E-state index is 12.7. The summed E-state index contributed by atoms with van der Waals surface area (Å²) >= 11 is 0. The highest BCUT2D eigenvalue weighted by Crippen LogP contribution is 2.29. The Balaban J connectivity index is 0.00000208. The van der Waals surface area contributed by atoms with E-state index in [4.69, 9.17) is 5.73 Å². The van der Waals surface area contributed by atoms with E-state index in [1.165, 1.54) is 11.3 Å². The number of piperazine rings is 1. The van der Waals surface area contributed by atoms with Crippen LogP contribution in [0.4, 0.5) is 0 Å². The summed E-state index contributed by atoms with van der Waals surface area (Å²) in [5.41, 5.74) is 9.39. The first-order valence-electron chi connectivity index (χ1n) is 8.70. The molecular formula is C17H32Cl3N5O. The van der Waals surface area contributed by atoms with Crippen LogP contribution in [0, 0.1) is 13.8 Å². The molecule has 2 fully saturated rings. The zero-order chi connectivity index (χ0) is 16.6. The van der Waals surface area contributed by atoms with E-state index < -0.39 is 5.54 Å². The molecule has 0 atom stereocenters. The van der Waals surface area contributed by atoms with Crippen LogP contribution < -0.4 is 5.73 Å². The fourth-order valence-electron chi connectivity index (χ4n) is 3.91. The first kappa shape index (κ1) is 25.5. The largest absolute Gasteiger partial charge is 0.339 e. The summed E-state index contributed by atoms with van der Waals surface area (Å²) in [7, 11) is 1.99. The standard InChI is InChI=1S/C17H29N5O.3ClH/c1-13-15(14(2)20(3)19-13)12-21-8-10-22(11-9-21)16(23)17(18)6-4-5-7-17;;;/h4-12,18H2,1-3H3;3*1H. The summed E-state index contributed by atoms with van der Waals surface area (Å²) < 4.78 is 1.95. The van der Waals surface area contributed by atoms with Crippen molar-refractivity contribution in [3.63, 3.8) is 0 Å². The van der Waals surface area contributed by atoms with Gasteiger partial charge in [0.2, 0.25) is 5.91 Å². The lowest BCUT2D eigenvalue weighted by molar-refractivity contribution is -0.138. The molecule has 152 valence electrons. The van der Waals surface area contributed by atoms with Crippen LogP contribution in [0.3, 0.4) is 0 Å². The molecule has 1 aliphatic heterocycles. The summed E-state index contributed by atoms with van der Waals surface area (Å²) in [6.07, 6.45) is 3.86. The Bertz CT molecular complexity index is 593. The second-order valence-electron chi connectivity index (χ2n) is 7.20. The summed E-state index contributed by atoms with van der Waals surface area (Å²) in [5.74, 6) is 0.170. The van der Waals surface area contributed by atoms with Gasteiger partial charge in [-0.2, -0.15) is 5.10 Å². The number of nitrogens with two attached hydrogens (primary N) is 1. The molecule has 2 N–H and O–H groups in total. The average molecular weight is 429 g/mol. The molecule has 1 saturated heterocycles. The van der Waals surface area contributed by atoms with Gasteiger partial charge in [-0.3, -0.25) is 14.4 Å². The quantitative estimate of drug-likeness (QED) is 0.801. The molecule has 1 aliphatic carbocycles. The minimum Gasteiger partial charge on any atom is -0.339 e. The van der Waals surface area contributed by atoms with Gasteiger partial charge >= 0.3 is 0 Å². The topological polar surface area (TPSA) is 67.4 Å². The van der Waals surface area contributed by atoms with Crippen LogP contribution in [0.25, 0.3) is 0 Å². The van der Waals surface area contributed by atoms with Crippen molar-refractivity contribution in [3.8, 4) is 0 Å². The number of carbonyl (C=O) groups is 1. The van der Waals surface area contributed by atoms with Crippen LogP contribution >= 0.6 is 37.2 Å². The molecule has 2 heterocycles. The van der Waals surface area contributed by atoms with Gasteiger partial charge in [-0.1, -0.05) is 12.8 Å². The third-order valence-electron chi connectivity index (χ3n) is 5.62. The predicted octanol–water partition coefficient (Wildman–Crippen LogP) is 2.22. The molecule has 1 saturated carbocycles. The molecule has 0 radical (unpaired) electrons. The van der Waals surface area contributed by atoms with Crippen LogP contribution in [0.1, 0.15) is 42.6 Å². The summed E-state index contributed by atoms with van der Waals surface area (Å²) in [6.45, 7) is 8.51. The summed E-state index contributed by atoms with van der Waals surface area (Å²) in [5, 5.41) is 4.49. The number of carbonyl (C=O) groups excluding carboxylic acids is 1. The fraction of sp³-hybridized carbons (Fsp3) is 0.765. The number of hydrogen-bond acceptors (Lipinski definition) is 4. The molecule has 1 aromatic rings. The van der Waals surface area contributed by atoms with Gasteiger partial charge in [0.05, 0.1) is 11.2 Å². The number of rotatable bonds is 3. The zero-order valence-corrected chi connectivity index (χ0v) is 18.3. The van der Waals surface area contributed by atoms with Crippen LogP contribution in [0.15, 0.2) is 0 Å². The molecule has 2 aliphatic rings. The van der Waals surface area contributed by atoms with E-state index in [1.54, 1.807) is 0 Å². The van der Waals surface area contributed by atoms with Crippen molar-refractivity contribution in [2.75, 3.05) is 26.2 Å². The Kier molecular flexibility index (Phi) is 9.93. The second-order valence-corrected chi connectivity index (χ2v) is 7.20. The number of amides is 1. The monoisotopic (exact) mass is 427 g/mol. The fourth-order valence-corrected chi connectivity index (χ4v) is 3.91. The lowest BCUT2D eigenvalue weighted by Crippen LogP contribution is -2.58. The van der Waals surface area contributed by atoms with Gasteiger partial charge in [0.25, 0.3) is 0 Å². The number of hydrogen-bond donors (Lipinski definition) is 1. The van der Waals surface area contributed by atoms with E-state index >= 15 is 0 Å². The number of aromatic nitrogens is 2. The Morgan fingerprint density at radius 3 is 2.08 bits per heavy atom. The van der Waals surface area contributed by atoms with E-state index in [9.17, 15) is 4.79 Å². The average Bonchev–Trinajstić information content (AvgIpc) is 3.08. The number of aryl methyl sites for hydroxylation is 2. The molecule has 0 aromatic carbocycles. The van der Waals surface area contributed by atoms with E-state index in [2.05, 4.69) is 23.8 Å². The Morgan fingerprint density at radius 1 is 1.08 bits per heavy atom. The van der Waals surface area contributed by atoms with Gasteiger partial charge in [0.15, 0.2) is 0 Å². The minimum absolute atomic E-state index is 0. The second kappa shape index (κ2) is 10.1. The maximum atomic E-state index is 12.7. The Hall–Kier alpha value is -0.530. The van der Waals surface area contributed by atoms with Gasteiger partial charge in [-0.25, -0.2) is 0 Å². The molecule has 26 heavy (non-hydrogen) atoms. The van der Waals surface area contributed by atoms with Crippen LogP contribution in [0.5, 0.6) is 0 Å². The predicted molar refractivity (Wildman–Crippen MR) is 112 cm³/mol. The van der Waals surface area contributed by atoms with Crippen molar-refractivity contribution < 1.29 is 4.79 Å². The van der Waals surface area contributed by atoms with Gasteiger partial charge in [0.1, 0.15) is 0 Å². The normalized spacial score (nSPS) is 19.3. The molecule has 3 rings (SSSR count). The first-order valence-corrected chi connectivity index (χ1v) is 8.70. The molecule has 1 amide bonds. The van der Waals surface area contributed by atoms with Gasteiger partial charge in [-0.05, 0) is 26.7 Å². The lowest BCUT2D eigenvalue weighted by Gasteiger charge is -2.38. The van der Waals surface area contributed by atoms with E-state index in [0.29, 0.717) is 0 Å².